The molecule has 3 aromatic carbocycles. The van der Waals surface area contributed by atoms with Gasteiger partial charge < -0.3 is 14.4 Å². The number of nitrogens with zero attached hydrogens (tertiary/aromatic N) is 3. The molecule has 0 radical (unpaired) electrons. The molecule has 0 spiro atoms. The topological polar surface area (TPSA) is 56.6 Å². The number of hydrogen-bond donors (Lipinski definition) is 0. The molecule has 36 heavy (non-hydrogen) atoms. The highest BCUT2D eigenvalue weighted by molar-refractivity contribution is 6.33. The molecule has 6 nitrogen and oxygen atoms in total. The van der Waals surface area contributed by atoms with Crippen LogP contribution in [0.4, 0.5) is 0 Å². The van der Waals surface area contributed by atoms with Crippen LogP contribution in [0.3, 0.4) is 0 Å². The van der Waals surface area contributed by atoms with Crippen molar-refractivity contribution in [3.8, 4) is 23.1 Å². The van der Waals surface area contributed by atoms with Crippen LogP contribution in [0.15, 0.2) is 78.9 Å². The first-order valence-electron chi connectivity index (χ1n) is 11.9. The summed E-state index contributed by atoms with van der Waals surface area (Å²) in [5.74, 6) is 1.81. The predicted molar refractivity (Wildman–Crippen MR) is 142 cm³/mol. The Bertz CT molecular complexity index is 1330. The van der Waals surface area contributed by atoms with E-state index in [9.17, 15) is 4.79 Å². The zero-order valence-corrected chi connectivity index (χ0v) is 21.7. The van der Waals surface area contributed by atoms with Gasteiger partial charge in [0.2, 0.25) is 5.88 Å². The van der Waals surface area contributed by atoms with E-state index in [2.05, 4.69) is 13.8 Å². The quantitative estimate of drug-likeness (QED) is 0.248. The second kappa shape index (κ2) is 11.3. The molecule has 0 bridgehead atoms. The average molecular weight is 504 g/mol. The van der Waals surface area contributed by atoms with Crippen LogP contribution in [0, 0.1) is 12.8 Å². The smallest absolute Gasteiger partial charge is 0.255 e. The molecule has 7 heteroatoms. The van der Waals surface area contributed by atoms with Gasteiger partial charge in [-0.05, 0) is 49.2 Å². The molecule has 4 aromatic rings. The van der Waals surface area contributed by atoms with Crippen LogP contribution in [-0.4, -0.2) is 34.2 Å². The largest absolute Gasteiger partial charge is 0.493 e. The monoisotopic (exact) mass is 503 g/mol. The number of aromatic nitrogens is 2. The fraction of sp³-hybridized carbons (Fsp3) is 0.241. The molecule has 0 saturated carbocycles. The van der Waals surface area contributed by atoms with Crippen LogP contribution in [-0.2, 0) is 6.54 Å². The van der Waals surface area contributed by atoms with E-state index in [4.69, 9.17) is 26.2 Å². The van der Waals surface area contributed by atoms with Gasteiger partial charge in [0.05, 0.1) is 41.2 Å². The minimum atomic E-state index is -0.135. The second-order valence-electron chi connectivity index (χ2n) is 8.93. The van der Waals surface area contributed by atoms with E-state index in [0.29, 0.717) is 41.1 Å². The third kappa shape index (κ3) is 5.55. The highest BCUT2D eigenvalue weighted by Crippen LogP contribution is 2.36. The van der Waals surface area contributed by atoms with E-state index in [1.807, 2.05) is 73.7 Å². The first-order valence-corrected chi connectivity index (χ1v) is 12.3. The Hall–Kier alpha value is -3.77. The van der Waals surface area contributed by atoms with Crippen LogP contribution in [0.1, 0.15) is 35.5 Å². The molecule has 0 saturated heterocycles. The number of methoxy groups -OCH3 is 1. The summed E-state index contributed by atoms with van der Waals surface area (Å²) in [6.45, 7) is 6.95. The van der Waals surface area contributed by atoms with E-state index in [-0.39, 0.29) is 11.8 Å². The van der Waals surface area contributed by atoms with Gasteiger partial charge in [-0.1, -0.05) is 67.9 Å². The molecule has 0 fully saturated rings. The normalized spacial score (nSPS) is 10.9. The molecule has 4 rings (SSSR count). The van der Waals surface area contributed by atoms with Crippen LogP contribution < -0.4 is 9.47 Å². The number of carbonyl (C=O) groups excluding carboxylic acids is 1. The van der Waals surface area contributed by atoms with E-state index in [1.165, 1.54) is 0 Å². The molecule has 0 unspecified atom stereocenters. The SMILES string of the molecule is COc1ccccc1Oc1c(CN(CC(C)C)C(=O)c2ccccc2Cl)c(C)nn1-c1ccccc1. The van der Waals surface area contributed by atoms with Crippen LogP contribution in [0.2, 0.25) is 5.02 Å². The number of ether oxygens (including phenoxy) is 2. The minimum absolute atomic E-state index is 0.135. The second-order valence-corrected chi connectivity index (χ2v) is 9.34. The van der Waals surface area contributed by atoms with Gasteiger partial charge in [-0.2, -0.15) is 5.10 Å². The number of hydrogen-bond acceptors (Lipinski definition) is 4. The number of carbonyl (C=O) groups is 1. The predicted octanol–water partition coefficient (Wildman–Crippen LogP) is 6.93. The van der Waals surface area contributed by atoms with E-state index < -0.39 is 0 Å². The standard InChI is InChI=1S/C29H30ClN3O3/c1-20(2)18-32(28(34)23-14-8-9-15-25(23)30)19-24-21(3)31-33(22-12-6-5-7-13-22)29(24)36-27-17-11-10-16-26(27)35-4/h5-17,20H,18-19H2,1-4H3. The number of amides is 1. The average Bonchev–Trinajstić information content (AvgIpc) is 3.18. The third-order valence-electron chi connectivity index (χ3n) is 5.74. The lowest BCUT2D eigenvalue weighted by Crippen LogP contribution is -2.34. The Kier molecular flexibility index (Phi) is 7.96. The van der Waals surface area contributed by atoms with Gasteiger partial charge in [0.25, 0.3) is 5.91 Å². The van der Waals surface area contributed by atoms with Gasteiger partial charge in [-0.15, -0.1) is 0 Å². The first kappa shape index (κ1) is 25.3. The number of halogens is 1. The lowest BCUT2D eigenvalue weighted by atomic mass is 10.1. The van der Waals surface area contributed by atoms with Crippen molar-refractivity contribution in [1.29, 1.82) is 0 Å². The molecular weight excluding hydrogens is 474 g/mol. The summed E-state index contributed by atoms with van der Waals surface area (Å²) in [5, 5.41) is 5.23. The van der Waals surface area contributed by atoms with E-state index in [1.54, 1.807) is 28.8 Å². The van der Waals surface area contributed by atoms with Crippen molar-refractivity contribution < 1.29 is 14.3 Å². The molecule has 0 N–H and O–H groups in total. The molecular formula is C29H30ClN3O3. The highest BCUT2D eigenvalue weighted by atomic mass is 35.5. The Morgan fingerprint density at radius 2 is 1.61 bits per heavy atom. The first-order chi connectivity index (χ1) is 17.4. The maximum Gasteiger partial charge on any atom is 0.255 e. The molecule has 1 heterocycles. The number of rotatable bonds is 9. The Morgan fingerprint density at radius 3 is 2.28 bits per heavy atom. The molecule has 1 aromatic heterocycles. The zero-order chi connectivity index (χ0) is 25.7. The lowest BCUT2D eigenvalue weighted by Gasteiger charge is -2.25. The Morgan fingerprint density at radius 1 is 0.972 bits per heavy atom. The fourth-order valence-electron chi connectivity index (χ4n) is 4.03. The van der Waals surface area contributed by atoms with Crippen LogP contribution in [0.25, 0.3) is 5.69 Å². The van der Waals surface area contributed by atoms with Gasteiger partial charge in [-0.25, -0.2) is 4.68 Å². The van der Waals surface area contributed by atoms with Gasteiger partial charge in [0.15, 0.2) is 11.5 Å². The lowest BCUT2D eigenvalue weighted by molar-refractivity contribution is 0.0721. The van der Waals surface area contributed by atoms with E-state index in [0.717, 1.165) is 16.9 Å². The van der Waals surface area contributed by atoms with Gasteiger partial charge >= 0.3 is 0 Å². The third-order valence-corrected chi connectivity index (χ3v) is 6.07. The molecule has 186 valence electrons. The van der Waals surface area contributed by atoms with Crippen LogP contribution >= 0.6 is 11.6 Å². The molecule has 0 aliphatic rings. The number of para-hydroxylation sites is 3. The summed E-state index contributed by atoms with van der Waals surface area (Å²) < 4.78 is 13.8. The van der Waals surface area contributed by atoms with E-state index >= 15 is 0 Å². The van der Waals surface area contributed by atoms with Gasteiger partial charge in [0.1, 0.15) is 0 Å². The van der Waals surface area contributed by atoms with Crippen molar-refractivity contribution in [3.05, 3.63) is 101 Å². The maximum atomic E-state index is 13.6. The number of benzene rings is 3. The maximum absolute atomic E-state index is 13.6. The summed E-state index contributed by atoms with van der Waals surface area (Å²) in [4.78, 5) is 15.4. The summed E-state index contributed by atoms with van der Waals surface area (Å²) >= 11 is 6.39. The van der Waals surface area contributed by atoms with Crippen molar-refractivity contribution in [2.45, 2.75) is 27.3 Å². The highest BCUT2D eigenvalue weighted by Gasteiger charge is 2.26. The van der Waals surface area contributed by atoms with Crippen molar-refractivity contribution >= 4 is 17.5 Å². The Balaban J connectivity index is 1.80. The zero-order valence-electron chi connectivity index (χ0n) is 20.9. The summed E-state index contributed by atoms with van der Waals surface area (Å²) in [6, 6.07) is 24.4. The van der Waals surface area contributed by atoms with Gasteiger partial charge in [-0.3, -0.25) is 4.79 Å². The fourth-order valence-corrected chi connectivity index (χ4v) is 4.25. The summed E-state index contributed by atoms with van der Waals surface area (Å²) in [7, 11) is 1.61. The van der Waals surface area contributed by atoms with Crippen LogP contribution in [0.5, 0.6) is 17.4 Å². The van der Waals surface area contributed by atoms with Crippen molar-refractivity contribution in [1.82, 2.24) is 14.7 Å². The van der Waals surface area contributed by atoms with Crippen molar-refractivity contribution in [2.24, 2.45) is 5.92 Å². The Labute approximate surface area is 217 Å². The van der Waals surface area contributed by atoms with Crippen molar-refractivity contribution in [3.63, 3.8) is 0 Å². The molecule has 0 atom stereocenters. The van der Waals surface area contributed by atoms with Crippen molar-refractivity contribution in [2.75, 3.05) is 13.7 Å². The molecule has 0 aliphatic carbocycles. The van der Waals surface area contributed by atoms with Gasteiger partial charge in [0, 0.05) is 6.54 Å². The summed E-state index contributed by atoms with van der Waals surface area (Å²) in [5.41, 5.74) is 2.90. The molecule has 0 aliphatic heterocycles. The number of aryl methyl sites for hydroxylation is 1. The summed E-state index contributed by atoms with van der Waals surface area (Å²) in [6.07, 6.45) is 0. The molecule has 1 amide bonds. The minimum Gasteiger partial charge on any atom is -0.493 e.